The molecule has 0 radical (unpaired) electrons. The zero-order valence-corrected chi connectivity index (χ0v) is 9.83. The van der Waals surface area contributed by atoms with Crippen LogP contribution in [0, 0.1) is 0 Å². The third-order valence-electron chi connectivity index (χ3n) is 2.44. The first-order valence-corrected chi connectivity index (χ1v) is 6.21. The van der Waals surface area contributed by atoms with Crippen molar-refractivity contribution in [2.45, 2.75) is 10.9 Å². The van der Waals surface area contributed by atoms with Gasteiger partial charge in [0.15, 0.2) is 0 Å². The molecular formula is C12H14N2OS. The van der Waals surface area contributed by atoms with Gasteiger partial charge in [-0.15, -0.1) is 11.8 Å². The van der Waals surface area contributed by atoms with E-state index in [2.05, 4.69) is 23.8 Å². The average Bonchev–Trinajstić information content (AvgIpc) is 2.84. The Morgan fingerprint density at radius 2 is 2.06 bits per heavy atom. The number of hydrogen-bond donors (Lipinski definition) is 2. The maximum atomic E-state index is 5.60. The predicted octanol–water partition coefficient (Wildman–Crippen LogP) is 2.55. The minimum Gasteiger partial charge on any atom is -0.467 e. The summed E-state index contributed by atoms with van der Waals surface area (Å²) in [5.41, 5.74) is 3.92. The number of furan rings is 1. The van der Waals surface area contributed by atoms with Crippen molar-refractivity contribution in [1.29, 1.82) is 0 Å². The van der Waals surface area contributed by atoms with Gasteiger partial charge in [-0.05, 0) is 30.0 Å². The molecule has 1 atom stereocenters. The summed E-state index contributed by atoms with van der Waals surface area (Å²) in [4.78, 5) is 1.20. The lowest BCUT2D eigenvalue weighted by Crippen LogP contribution is -2.28. The molecule has 1 unspecified atom stereocenters. The third kappa shape index (κ3) is 2.14. The van der Waals surface area contributed by atoms with Crippen molar-refractivity contribution < 1.29 is 4.42 Å². The third-order valence-corrected chi connectivity index (χ3v) is 3.26. The molecule has 0 spiro atoms. The van der Waals surface area contributed by atoms with E-state index in [0.717, 1.165) is 11.3 Å². The fourth-order valence-electron chi connectivity index (χ4n) is 1.69. The SMILES string of the molecule is CSc1ccccc1C(NN)c1ccco1. The maximum Gasteiger partial charge on any atom is 0.126 e. The molecule has 0 aliphatic rings. The Morgan fingerprint density at radius 1 is 1.25 bits per heavy atom. The Hall–Kier alpha value is -1.23. The van der Waals surface area contributed by atoms with Gasteiger partial charge in [-0.3, -0.25) is 5.84 Å². The van der Waals surface area contributed by atoms with Gasteiger partial charge in [0, 0.05) is 4.90 Å². The molecular weight excluding hydrogens is 220 g/mol. The number of hydrazine groups is 1. The molecule has 0 aliphatic carbocycles. The first-order chi connectivity index (χ1) is 7.86. The van der Waals surface area contributed by atoms with Gasteiger partial charge in [-0.25, -0.2) is 5.43 Å². The zero-order chi connectivity index (χ0) is 11.4. The van der Waals surface area contributed by atoms with E-state index in [1.54, 1.807) is 18.0 Å². The van der Waals surface area contributed by atoms with Crippen molar-refractivity contribution in [3.8, 4) is 0 Å². The zero-order valence-electron chi connectivity index (χ0n) is 9.01. The standard InChI is InChI=1S/C12H14N2OS/c1-16-11-7-3-2-5-9(11)12(14-13)10-6-4-8-15-10/h2-8,12,14H,13H2,1H3. The topological polar surface area (TPSA) is 51.2 Å². The monoisotopic (exact) mass is 234 g/mol. The largest absolute Gasteiger partial charge is 0.467 e. The molecule has 0 saturated carbocycles. The molecule has 1 heterocycles. The quantitative estimate of drug-likeness (QED) is 0.485. The van der Waals surface area contributed by atoms with Crippen LogP contribution in [0.2, 0.25) is 0 Å². The minimum absolute atomic E-state index is 0.0985. The van der Waals surface area contributed by atoms with Crippen molar-refractivity contribution in [3.63, 3.8) is 0 Å². The molecule has 4 heteroatoms. The van der Waals surface area contributed by atoms with Crippen LogP contribution in [0.1, 0.15) is 17.4 Å². The molecule has 1 aromatic carbocycles. The lowest BCUT2D eigenvalue weighted by molar-refractivity contribution is 0.449. The van der Waals surface area contributed by atoms with Crippen LogP contribution in [0.15, 0.2) is 52.0 Å². The van der Waals surface area contributed by atoms with E-state index in [1.165, 1.54) is 4.90 Å². The molecule has 2 aromatic rings. The van der Waals surface area contributed by atoms with Crippen molar-refractivity contribution in [1.82, 2.24) is 5.43 Å². The van der Waals surface area contributed by atoms with E-state index in [0.29, 0.717) is 0 Å². The van der Waals surface area contributed by atoms with E-state index in [9.17, 15) is 0 Å². The molecule has 0 aliphatic heterocycles. The summed E-state index contributed by atoms with van der Waals surface area (Å²) >= 11 is 1.70. The first-order valence-electron chi connectivity index (χ1n) is 4.99. The molecule has 16 heavy (non-hydrogen) atoms. The molecule has 2 rings (SSSR count). The van der Waals surface area contributed by atoms with Crippen LogP contribution >= 0.6 is 11.8 Å². The summed E-state index contributed by atoms with van der Waals surface area (Å²) in [6.07, 6.45) is 3.70. The second-order valence-electron chi connectivity index (χ2n) is 3.36. The number of hydrogen-bond acceptors (Lipinski definition) is 4. The minimum atomic E-state index is -0.0985. The van der Waals surface area contributed by atoms with Crippen LogP contribution in [0.3, 0.4) is 0 Å². The maximum absolute atomic E-state index is 5.60. The van der Waals surface area contributed by atoms with Gasteiger partial charge in [-0.2, -0.15) is 0 Å². The molecule has 3 nitrogen and oxygen atoms in total. The Kier molecular flexibility index (Phi) is 3.66. The van der Waals surface area contributed by atoms with Gasteiger partial charge in [0.05, 0.1) is 6.26 Å². The number of nitrogens with one attached hydrogen (secondary N) is 1. The molecule has 0 amide bonds. The van der Waals surface area contributed by atoms with E-state index in [-0.39, 0.29) is 6.04 Å². The van der Waals surface area contributed by atoms with Crippen molar-refractivity contribution >= 4 is 11.8 Å². The van der Waals surface area contributed by atoms with Gasteiger partial charge in [-0.1, -0.05) is 18.2 Å². The summed E-state index contributed by atoms with van der Waals surface area (Å²) in [6.45, 7) is 0. The Morgan fingerprint density at radius 3 is 2.69 bits per heavy atom. The second-order valence-corrected chi connectivity index (χ2v) is 4.21. The van der Waals surface area contributed by atoms with Gasteiger partial charge in [0.25, 0.3) is 0 Å². The van der Waals surface area contributed by atoms with Crippen molar-refractivity contribution in [2.75, 3.05) is 6.26 Å². The fraction of sp³-hybridized carbons (Fsp3) is 0.167. The highest BCUT2D eigenvalue weighted by molar-refractivity contribution is 7.98. The molecule has 84 valence electrons. The van der Waals surface area contributed by atoms with Crippen molar-refractivity contribution in [2.24, 2.45) is 5.84 Å². The van der Waals surface area contributed by atoms with Crippen LogP contribution in [0.25, 0.3) is 0 Å². The molecule has 3 N–H and O–H groups in total. The van der Waals surface area contributed by atoms with Gasteiger partial charge >= 0.3 is 0 Å². The van der Waals surface area contributed by atoms with Gasteiger partial charge in [0.1, 0.15) is 11.8 Å². The highest BCUT2D eigenvalue weighted by Gasteiger charge is 2.17. The Labute approximate surface area is 99.0 Å². The normalized spacial score (nSPS) is 12.6. The summed E-state index contributed by atoms with van der Waals surface area (Å²) < 4.78 is 5.39. The Balaban J connectivity index is 2.41. The van der Waals surface area contributed by atoms with Crippen LogP contribution in [0.5, 0.6) is 0 Å². The van der Waals surface area contributed by atoms with Crippen LogP contribution in [-0.2, 0) is 0 Å². The molecule has 0 bridgehead atoms. The summed E-state index contributed by atoms with van der Waals surface area (Å²) in [6, 6.07) is 11.8. The predicted molar refractivity (Wildman–Crippen MR) is 66.1 cm³/mol. The number of nitrogens with two attached hydrogens (primary N) is 1. The Bertz CT molecular complexity index is 442. The van der Waals surface area contributed by atoms with Crippen LogP contribution in [0.4, 0.5) is 0 Å². The lowest BCUT2D eigenvalue weighted by atomic mass is 10.1. The number of rotatable bonds is 4. The first kappa shape index (κ1) is 11.3. The van der Waals surface area contributed by atoms with Crippen LogP contribution < -0.4 is 11.3 Å². The van der Waals surface area contributed by atoms with Gasteiger partial charge in [0.2, 0.25) is 0 Å². The molecule has 0 fully saturated rings. The highest BCUT2D eigenvalue weighted by atomic mass is 32.2. The summed E-state index contributed by atoms with van der Waals surface area (Å²) in [5.74, 6) is 6.42. The molecule has 0 saturated heterocycles. The van der Waals surface area contributed by atoms with E-state index >= 15 is 0 Å². The fourth-order valence-corrected chi connectivity index (χ4v) is 2.32. The number of thioether (sulfide) groups is 1. The van der Waals surface area contributed by atoms with E-state index in [4.69, 9.17) is 10.3 Å². The lowest BCUT2D eigenvalue weighted by Gasteiger charge is -2.16. The highest BCUT2D eigenvalue weighted by Crippen LogP contribution is 2.29. The second kappa shape index (κ2) is 5.21. The van der Waals surface area contributed by atoms with E-state index < -0.39 is 0 Å². The van der Waals surface area contributed by atoms with Crippen molar-refractivity contribution in [3.05, 3.63) is 54.0 Å². The van der Waals surface area contributed by atoms with Crippen LogP contribution in [-0.4, -0.2) is 6.26 Å². The smallest absolute Gasteiger partial charge is 0.126 e. The number of benzene rings is 1. The summed E-state index contributed by atoms with van der Waals surface area (Å²) in [7, 11) is 0. The van der Waals surface area contributed by atoms with Gasteiger partial charge < -0.3 is 4.42 Å². The van der Waals surface area contributed by atoms with E-state index in [1.807, 2.05) is 24.3 Å². The average molecular weight is 234 g/mol. The summed E-state index contributed by atoms with van der Waals surface area (Å²) in [5, 5.41) is 0. The molecule has 1 aromatic heterocycles.